The molecule has 1 aliphatic carbocycles. The van der Waals surface area contributed by atoms with E-state index in [0.717, 1.165) is 17.1 Å². The molecule has 0 heterocycles. The van der Waals surface area contributed by atoms with Crippen molar-refractivity contribution >= 4 is 27.8 Å². The van der Waals surface area contributed by atoms with Gasteiger partial charge < -0.3 is 4.90 Å². The first kappa shape index (κ1) is 31.8. The highest BCUT2D eigenvalue weighted by atomic mass is 15.1. The molecule has 0 amide bonds. The minimum absolute atomic E-state index is 0.115. The first-order valence-electron chi connectivity index (χ1n) is 18.3. The molecule has 0 atom stereocenters. The van der Waals surface area contributed by atoms with Gasteiger partial charge in [0, 0.05) is 22.4 Å². The van der Waals surface area contributed by atoms with Crippen molar-refractivity contribution in [1.29, 1.82) is 0 Å². The van der Waals surface area contributed by atoms with E-state index in [4.69, 9.17) is 0 Å². The average molecular weight is 668 g/mol. The van der Waals surface area contributed by atoms with Crippen LogP contribution in [0.4, 0.5) is 17.1 Å². The van der Waals surface area contributed by atoms with E-state index in [0.29, 0.717) is 0 Å². The summed E-state index contributed by atoms with van der Waals surface area (Å²) in [4.78, 5) is 2.47. The lowest BCUT2D eigenvalue weighted by Gasteiger charge is -2.30. The van der Waals surface area contributed by atoms with Gasteiger partial charge in [-0.3, -0.25) is 0 Å². The van der Waals surface area contributed by atoms with Gasteiger partial charge in [0.2, 0.25) is 0 Å². The SMILES string of the molecule is Cc1ccccc1-c1cc2ccccc2cc1N(c1ccc(-c2ccc(-c3ccccc3)cc2)cc1)c1ccc2c(c1)C(C)(C)c1cccc(C)c1-2. The van der Waals surface area contributed by atoms with Gasteiger partial charge in [-0.1, -0.05) is 153 Å². The first-order chi connectivity index (χ1) is 25.4. The van der Waals surface area contributed by atoms with Crippen molar-refractivity contribution in [2.24, 2.45) is 0 Å². The number of rotatable bonds is 6. The Morgan fingerprint density at radius 1 is 0.385 bits per heavy atom. The monoisotopic (exact) mass is 667 g/mol. The number of hydrogen-bond acceptors (Lipinski definition) is 1. The van der Waals surface area contributed by atoms with E-state index in [1.165, 1.54) is 77.5 Å². The molecule has 8 aromatic carbocycles. The van der Waals surface area contributed by atoms with E-state index >= 15 is 0 Å². The second-order valence-corrected chi connectivity index (χ2v) is 14.7. The smallest absolute Gasteiger partial charge is 0.0546 e. The lowest BCUT2D eigenvalue weighted by molar-refractivity contribution is 0.660. The molecular weight excluding hydrogens is 627 g/mol. The minimum atomic E-state index is -0.115. The van der Waals surface area contributed by atoms with Gasteiger partial charge in [-0.25, -0.2) is 0 Å². The zero-order valence-electron chi connectivity index (χ0n) is 30.2. The van der Waals surface area contributed by atoms with Gasteiger partial charge in [0.25, 0.3) is 0 Å². The lowest BCUT2D eigenvalue weighted by atomic mass is 9.82. The van der Waals surface area contributed by atoms with Crippen LogP contribution in [-0.4, -0.2) is 0 Å². The molecule has 0 saturated heterocycles. The molecule has 1 aliphatic rings. The van der Waals surface area contributed by atoms with Crippen LogP contribution in [0.1, 0.15) is 36.1 Å². The summed E-state index contributed by atoms with van der Waals surface area (Å²) >= 11 is 0. The molecule has 1 heteroatoms. The van der Waals surface area contributed by atoms with E-state index in [1.54, 1.807) is 0 Å². The van der Waals surface area contributed by atoms with Crippen LogP contribution in [0.3, 0.4) is 0 Å². The Balaban J connectivity index is 1.22. The van der Waals surface area contributed by atoms with Gasteiger partial charge >= 0.3 is 0 Å². The van der Waals surface area contributed by atoms with Gasteiger partial charge in [0.15, 0.2) is 0 Å². The molecule has 0 N–H and O–H groups in total. The van der Waals surface area contributed by atoms with Crippen LogP contribution >= 0.6 is 0 Å². The summed E-state index contributed by atoms with van der Waals surface area (Å²) < 4.78 is 0. The van der Waals surface area contributed by atoms with E-state index in [9.17, 15) is 0 Å². The van der Waals surface area contributed by atoms with E-state index in [2.05, 4.69) is 209 Å². The maximum Gasteiger partial charge on any atom is 0.0546 e. The summed E-state index contributed by atoms with van der Waals surface area (Å²) in [6.07, 6.45) is 0. The fraction of sp³-hybridized carbons (Fsp3) is 0.0980. The molecule has 0 fully saturated rings. The van der Waals surface area contributed by atoms with Gasteiger partial charge in [0.05, 0.1) is 5.69 Å². The summed E-state index contributed by atoms with van der Waals surface area (Å²) in [7, 11) is 0. The molecule has 0 saturated carbocycles. The normalized spacial score (nSPS) is 12.8. The number of fused-ring (bicyclic) bond motifs is 4. The number of hydrogen-bond donors (Lipinski definition) is 0. The van der Waals surface area contributed by atoms with Crippen molar-refractivity contribution in [2.75, 3.05) is 4.90 Å². The Labute approximate surface area is 307 Å². The highest BCUT2D eigenvalue weighted by Crippen LogP contribution is 2.52. The summed E-state index contributed by atoms with van der Waals surface area (Å²) in [5, 5.41) is 2.46. The molecule has 52 heavy (non-hydrogen) atoms. The van der Waals surface area contributed by atoms with Crippen LogP contribution in [0.15, 0.2) is 176 Å². The quantitative estimate of drug-likeness (QED) is 0.171. The van der Waals surface area contributed by atoms with Crippen molar-refractivity contribution < 1.29 is 0 Å². The van der Waals surface area contributed by atoms with Crippen LogP contribution in [0.5, 0.6) is 0 Å². The predicted molar refractivity (Wildman–Crippen MR) is 222 cm³/mol. The number of nitrogens with zero attached hydrogens (tertiary/aromatic N) is 1. The zero-order valence-corrected chi connectivity index (χ0v) is 30.2. The van der Waals surface area contributed by atoms with Crippen molar-refractivity contribution in [2.45, 2.75) is 33.1 Å². The number of benzene rings is 8. The van der Waals surface area contributed by atoms with Crippen LogP contribution in [-0.2, 0) is 5.41 Å². The Kier molecular flexibility index (Phi) is 7.67. The largest absolute Gasteiger partial charge is 0.310 e. The zero-order chi connectivity index (χ0) is 35.4. The second-order valence-electron chi connectivity index (χ2n) is 14.7. The van der Waals surface area contributed by atoms with Crippen molar-refractivity contribution in [3.05, 3.63) is 198 Å². The third kappa shape index (κ3) is 5.33. The second kappa shape index (κ2) is 12.5. The predicted octanol–water partition coefficient (Wildman–Crippen LogP) is 14.2. The molecular formula is C51H41N. The number of anilines is 3. The molecule has 0 radical (unpaired) electrons. The summed E-state index contributed by atoms with van der Waals surface area (Å²) in [5.74, 6) is 0. The Hall–Kier alpha value is -6.18. The van der Waals surface area contributed by atoms with Gasteiger partial charge in [-0.2, -0.15) is 0 Å². The highest BCUT2D eigenvalue weighted by Gasteiger charge is 2.37. The molecule has 0 bridgehead atoms. The molecule has 0 spiro atoms. The molecule has 250 valence electrons. The van der Waals surface area contributed by atoms with Crippen LogP contribution in [0.2, 0.25) is 0 Å². The Morgan fingerprint density at radius 3 is 1.63 bits per heavy atom. The van der Waals surface area contributed by atoms with Crippen molar-refractivity contribution in [3.63, 3.8) is 0 Å². The third-order valence-electron chi connectivity index (χ3n) is 11.1. The van der Waals surface area contributed by atoms with E-state index in [-0.39, 0.29) is 5.41 Å². The van der Waals surface area contributed by atoms with Crippen molar-refractivity contribution in [1.82, 2.24) is 0 Å². The summed E-state index contributed by atoms with van der Waals surface area (Å²) in [6.45, 7) is 9.20. The maximum absolute atomic E-state index is 2.47. The molecule has 9 rings (SSSR count). The average Bonchev–Trinajstić information content (AvgIpc) is 3.42. The highest BCUT2D eigenvalue weighted by molar-refractivity contribution is 5.99. The third-order valence-corrected chi connectivity index (χ3v) is 11.1. The van der Waals surface area contributed by atoms with Gasteiger partial charge in [-0.05, 0) is 122 Å². The molecule has 0 unspecified atom stereocenters. The first-order valence-corrected chi connectivity index (χ1v) is 18.3. The molecule has 0 aliphatic heterocycles. The van der Waals surface area contributed by atoms with Crippen LogP contribution in [0.25, 0.3) is 55.3 Å². The van der Waals surface area contributed by atoms with Gasteiger partial charge in [-0.15, -0.1) is 0 Å². The maximum atomic E-state index is 2.47. The minimum Gasteiger partial charge on any atom is -0.310 e. The fourth-order valence-corrected chi connectivity index (χ4v) is 8.32. The van der Waals surface area contributed by atoms with Crippen molar-refractivity contribution in [3.8, 4) is 44.5 Å². The van der Waals surface area contributed by atoms with Crippen LogP contribution < -0.4 is 4.90 Å². The molecule has 8 aromatic rings. The topological polar surface area (TPSA) is 3.24 Å². The molecule has 0 aromatic heterocycles. The summed E-state index contributed by atoms with van der Waals surface area (Å²) in [5.41, 5.74) is 18.7. The van der Waals surface area contributed by atoms with E-state index in [1.807, 2.05) is 0 Å². The Bertz CT molecular complexity index is 2590. The number of aryl methyl sites for hydroxylation is 2. The standard InChI is InChI=1S/C51H41N/c1-34-13-8-11-19-44(34)46-31-40-17-9-10-18-41(40)32-49(46)52(43-29-30-45-48(33-43)51(3,4)47-20-12-14-35(2)50(45)47)42-27-25-39(26-28-42)38-23-21-37(22-24-38)36-15-6-5-7-16-36/h5-33H,1-4H3. The summed E-state index contributed by atoms with van der Waals surface area (Å²) in [6, 6.07) is 64.7. The van der Waals surface area contributed by atoms with E-state index < -0.39 is 0 Å². The fourth-order valence-electron chi connectivity index (χ4n) is 8.32. The molecule has 1 nitrogen and oxygen atoms in total. The lowest BCUT2D eigenvalue weighted by Crippen LogP contribution is -2.17. The van der Waals surface area contributed by atoms with Crippen LogP contribution in [0, 0.1) is 13.8 Å². The Morgan fingerprint density at radius 2 is 0.942 bits per heavy atom. The van der Waals surface area contributed by atoms with Gasteiger partial charge in [0.1, 0.15) is 0 Å².